The van der Waals surface area contributed by atoms with Crippen molar-refractivity contribution in [3.63, 3.8) is 0 Å². The molecule has 0 saturated heterocycles. The van der Waals surface area contributed by atoms with Gasteiger partial charge in [-0.1, -0.05) is 30.1 Å². The molecule has 1 amide bonds. The summed E-state index contributed by atoms with van der Waals surface area (Å²) in [6.07, 6.45) is 0.233. The Labute approximate surface area is 153 Å². The number of rotatable bonds is 4. The molecule has 0 aliphatic heterocycles. The number of nitrogens with one attached hydrogen (secondary N) is 1. The number of anilines is 1. The van der Waals surface area contributed by atoms with Gasteiger partial charge in [0, 0.05) is 17.0 Å². The summed E-state index contributed by atoms with van der Waals surface area (Å²) < 4.78 is 19.4. The molecule has 0 fully saturated rings. The van der Waals surface area contributed by atoms with Crippen LogP contribution >= 0.6 is 23.2 Å². The summed E-state index contributed by atoms with van der Waals surface area (Å²) >= 11 is 11.9. The van der Waals surface area contributed by atoms with E-state index in [1.807, 2.05) is 0 Å². The molecule has 7 heteroatoms. The van der Waals surface area contributed by atoms with Gasteiger partial charge in [0.15, 0.2) is 12.4 Å². The predicted octanol–water partition coefficient (Wildman–Crippen LogP) is 4.84. The number of fused-ring (bicyclic) bond motifs is 1. The van der Waals surface area contributed by atoms with E-state index in [9.17, 15) is 14.0 Å². The Bertz CT molecular complexity index is 870. The molecule has 1 unspecified atom stereocenters. The van der Waals surface area contributed by atoms with E-state index in [0.29, 0.717) is 21.3 Å². The second-order valence-electron chi connectivity index (χ2n) is 5.82. The number of ether oxygens (including phenoxy) is 1. The van der Waals surface area contributed by atoms with Gasteiger partial charge < -0.3 is 10.1 Å². The maximum Gasteiger partial charge on any atom is 0.262 e. The summed E-state index contributed by atoms with van der Waals surface area (Å²) in [6, 6.07) is 7.29. The van der Waals surface area contributed by atoms with Crippen LogP contribution in [0.15, 0.2) is 30.3 Å². The normalized spacial score (nSPS) is 15.8. The predicted molar refractivity (Wildman–Crippen MR) is 94.3 cm³/mol. The van der Waals surface area contributed by atoms with E-state index in [2.05, 4.69) is 5.32 Å². The summed E-state index contributed by atoms with van der Waals surface area (Å²) in [7, 11) is 0. The maximum absolute atomic E-state index is 13.9. The van der Waals surface area contributed by atoms with E-state index >= 15 is 0 Å². The number of carbonyl (C=O) groups is 2. The minimum Gasteiger partial charge on any atom is -0.483 e. The van der Waals surface area contributed by atoms with Crippen molar-refractivity contribution in [3.05, 3.63) is 57.3 Å². The van der Waals surface area contributed by atoms with Crippen molar-refractivity contribution in [1.29, 1.82) is 0 Å². The van der Waals surface area contributed by atoms with Crippen LogP contribution in [0.5, 0.6) is 5.75 Å². The van der Waals surface area contributed by atoms with E-state index in [0.717, 1.165) is 0 Å². The third kappa shape index (κ3) is 3.62. The fourth-order valence-electron chi connectivity index (χ4n) is 2.87. The summed E-state index contributed by atoms with van der Waals surface area (Å²) in [5, 5.41) is 3.35. The largest absolute Gasteiger partial charge is 0.483 e. The molecule has 1 aliphatic rings. The van der Waals surface area contributed by atoms with Crippen molar-refractivity contribution in [2.24, 2.45) is 0 Å². The van der Waals surface area contributed by atoms with E-state index in [4.69, 9.17) is 27.9 Å². The van der Waals surface area contributed by atoms with Crippen molar-refractivity contribution in [2.75, 3.05) is 11.9 Å². The van der Waals surface area contributed by atoms with E-state index < -0.39 is 11.7 Å². The molecule has 0 aromatic heterocycles. The molecule has 0 heterocycles. The Balaban J connectivity index is 1.73. The molecule has 0 saturated carbocycles. The first-order valence-corrected chi connectivity index (χ1v) is 8.35. The summed E-state index contributed by atoms with van der Waals surface area (Å²) in [5.74, 6) is -1.09. The molecular weight excluding hydrogens is 368 g/mol. The molecule has 1 N–H and O–H groups in total. The van der Waals surface area contributed by atoms with Gasteiger partial charge in [-0.05, 0) is 36.2 Å². The van der Waals surface area contributed by atoms with Crippen LogP contribution in [0, 0.1) is 5.82 Å². The molecule has 1 atom stereocenters. The zero-order chi connectivity index (χ0) is 18.1. The highest BCUT2D eigenvalue weighted by atomic mass is 35.5. The Morgan fingerprint density at radius 1 is 1.32 bits per heavy atom. The molecule has 3 rings (SSSR count). The molecule has 2 aromatic carbocycles. The average molecular weight is 382 g/mol. The SMILES string of the molecule is CC1CC(=O)c2c(OCC(=O)Nc3cc(Cl)ccc3Cl)ccc(F)c21. The van der Waals surface area contributed by atoms with Crippen LogP contribution in [0.25, 0.3) is 0 Å². The highest BCUT2D eigenvalue weighted by molar-refractivity contribution is 6.35. The van der Waals surface area contributed by atoms with Crippen molar-refractivity contribution in [2.45, 2.75) is 19.3 Å². The molecular formula is C18H14Cl2FNO3. The lowest BCUT2D eigenvalue weighted by atomic mass is 10.0. The van der Waals surface area contributed by atoms with Gasteiger partial charge in [0.2, 0.25) is 0 Å². The van der Waals surface area contributed by atoms with Crippen LogP contribution in [-0.4, -0.2) is 18.3 Å². The van der Waals surface area contributed by atoms with Crippen LogP contribution < -0.4 is 10.1 Å². The zero-order valence-electron chi connectivity index (χ0n) is 13.2. The summed E-state index contributed by atoms with van der Waals surface area (Å²) in [4.78, 5) is 24.2. The van der Waals surface area contributed by atoms with Gasteiger partial charge in [-0.25, -0.2) is 4.39 Å². The number of ketones is 1. The lowest BCUT2D eigenvalue weighted by Gasteiger charge is -2.12. The Kier molecular flexibility index (Phi) is 4.97. The summed E-state index contributed by atoms with van der Waals surface area (Å²) in [6.45, 7) is 1.44. The molecule has 0 bridgehead atoms. The first kappa shape index (κ1) is 17.7. The second-order valence-corrected chi connectivity index (χ2v) is 6.67. The minimum absolute atomic E-state index is 0.185. The van der Waals surface area contributed by atoms with E-state index in [1.165, 1.54) is 18.2 Å². The standard InChI is InChI=1S/C18H14Cl2FNO3/c1-9-6-14(23)18-15(5-4-12(21)17(9)18)25-8-16(24)22-13-7-10(19)2-3-11(13)20/h2-5,7,9H,6,8H2,1H3,(H,22,24). The Hall–Kier alpha value is -2.11. The van der Waals surface area contributed by atoms with Crippen LogP contribution in [0.3, 0.4) is 0 Å². The van der Waals surface area contributed by atoms with Crippen molar-refractivity contribution in [1.82, 2.24) is 0 Å². The number of hydrogen-bond acceptors (Lipinski definition) is 3. The van der Waals surface area contributed by atoms with Crippen LogP contribution in [0.1, 0.15) is 35.2 Å². The van der Waals surface area contributed by atoms with Gasteiger partial charge in [0.1, 0.15) is 11.6 Å². The van der Waals surface area contributed by atoms with Gasteiger partial charge in [-0.2, -0.15) is 0 Å². The van der Waals surface area contributed by atoms with Crippen LogP contribution in [0.2, 0.25) is 10.0 Å². The molecule has 2 aromatic rings. The third-order valence-electron chi connectivity index (χ3n) is 3.98. The third-order valence-corrected chi connectivity index (χ3v) is 4.54. The number of Topliss-reactive ketones (excluding diaryl/α,β-unsaturated/α-hetero) is 1. The monoisotopic (exact) mass is 381 g/mol. The fraction of sp³-hybridized carbons (Fsp3) is 0.222. The summed E-state index contributed by atoms with van der Waals surface area (Å²) in [5.41, 5.74) is 0.929. The van der Waals surface area contributed by atoms with Crippen molar-refractivity contribution >= 4 is 40.6 Å². The van der Waals surface area contributed by atoms with Gasteiger partial charge >= 0.3 is 0 Å². The molecule has 4 nitrogen and oxygen atoms in total. The van der Waals surface area contributed by atoms with Crippen molar-refractivity contribution < 1.29 is 18.7 Å². The topological polar surface area (TPSA) is 55.4 Å². The lowest BCUT2D eigenvalue weighted by Crippen LogP contribution is -2.21. The number of amides is 1. The molecule has 0 radical (unpaired) electrons. The molecule has 130 valence electrons. The number of halogens is 3. The number of benzene rings is 2. The second kappa shape index (κ2) is 7.02. The zero-order valence-corrected chi connectivity index (χ0v) is 14.7. The lowest BCUT2D eigenvalue weighted by molar-refractivity contribution is -0.118. The molecule has 0 spiro atoms. The van der Waals surface area contributed by atoms with Crippen LogP contribution in [0.4, 0.5) is 10.1 Å². The maximum atomic E-state index is 13.9. The fourth-order valence-corrected chi connectivity index (χ4v) is 3.21. The van der Waals surface area contributed by atoms with Gasteiger partial charge in [-0.3, -0.25) is 9.59 Å². The number of hydrogen-bond donors (Lipinski definition) is 1. The average Bonchev–Trinajstić information content (AvgIpc) is 2.86. The van der Waals surface area contributed by atoms with Gasteiger partial charge in [0.25, 0.3) is 5.91 Å². The number of carbonyl (C=O) groups excluding carboxylic acids is 2. The van der Waals surface area contributed by atoms with Crippen LogP contribution in [-0.2, 0) is 4.79 Å². The van der Waals surface area contributed by atoms with Gasteiger partial charge in [0.05, 0.1) is 16.3 Å². The van der Waals surface area contributed by atoms with E-state index in [-0.39, 0.29) is 36.0 Å². The Morgan fingerprint density at radius 2 is 2.08 bits per heavy atom. The van der Waals surface area contributed by atoms with E-state index in [1.54, 1.807) is 19.1 Å². The molecule has 1 aliphatic carbocycles. The highest BCUT2D eigenvalue weighted by Crippen LogP contribution is 2.39. The first-order valence-electron chi connectivity index (χ1n) is 7.60. The van der Waals surface area contributed by atoms with Crippen molar-refractivity contribution in [3.8, 4) is 5.75 Å². The quantitative estimate of drug-likeness (QED) is 0.823. The Morgan fingerprint density at radius 3 is 2.84 bits per heavy atom. The van der Waals surface area contributed by atoms with Gasteiger partial charge in [-0.15, -0.1) is 0 Å². The highest BCUT2D eigenvalue weighted by Gasteiger charge is 2.32. The minimum atomic E-state index is -0.472. The molecule has 25 heavy (non-hydrogen) atoms. The first-order chi connectivity index (χ1) is 11.9. The smallest absolute Gasteiger partial charge is 0.262 e.